The van der Waals surface area contributed by atoms with Crippen LogP contribution in [0.2, 0.25) is 0 Å². The summed E-state index contributed by atoms with van der Waals surface area (Å²) in [5.74, 6) is 0.0533. The Labute approximate surface area is 192 Å². The molecule has 0 saturated heterocycles. The number of aromatic nitrogens is 1. The van der Waals surface area contributed by atoms with Gasteiger partial charge in [0.1, 0.15) is 0 Å². The summed E-state index contributed by atoms with van der Waals surface area (Å²) in [5, 5.41) is 3.09. The summed E-state index contributed by atoms with van der Waals surface area (Å²) in [6.07, 6.45) is 0.339. The Morgan fingerprint density at radius 2 is 1.59 bits per heavy atom. The molecular weight excluding hydrogens is 412 g/mol. The standard InChI is InChI=1S/C28H24N2OS/c1-19-14-20(2)27-25(15-19)29-28(32-27)30(18-21-8-4-3-5-9-21)26(31)17-22-12-13-23-10-6-7-11-24(23)16-22/h3-16H,17-18H2,1-2H3. The summed E-state index contributed by atoms with van der Waals surface area (Å²) in [5.41, 5.74) is 5.44. The minimum absolute atomic E-state index is 0.0533. The average molecular weight is 437 g/mol. The van der Waals surface area contributed by atoms with Gasteiger partial charge in [-0.05, 0) is 52.9 Å². The molecule has 5 aromatic rings. The van der Waals surface area contributed by atoms with Gasteiger partial charge in [0.2, 0.25) is 5.91 Å². The SMILES string of the molecule is Cc1cc(C)c2sc(N(Cc3ccccc3)C(=O)Cc3ccc4ccccc4c3)nc2c1. The lowest BCUT2D eigenvalue weighted by Gasteiger charge is -2.20. The number of hydrogen-bond acceptors (Lipinski definition) is 3. The van der Waals surface area contributed by atoms with E-state index in [0.29, 0.717) is 13.0 Å². The molecular formula is C28H24N2OS. The van der Waals surface area contributed by atoms with Crippen molar-refractivity contribution in [3.63, 3.8) is 0 Å². The van der Waals surface area contributed by atoms with Gasteiger partial charge in [-0.3, -0.25) is 9.69 Å². The Hall–Kier alpha value is -3.50. The van der Waals surface area contributed by atoms with Crippen LogP contribution in [-0.4, -0.2) is 10.9 Å². The van der Waals surface area contributed by atoms with Gasteiger partial charge in [0.25, 0.3) is 0 Å². The van der Waals surface area contributed by atoms with Gasteiger partial charge >= 0.3 is 0 Å². The molecule has 0 aliphatic heterocycles. The Balaban J connectivity index is 1.51. The van der Waals surface area contributed by atoms with Gasteiger partial charge in [0.15, 0.2) is 5.13 Å². The zero-order chi connectivity index (χ0) is 22.1. The normalized spacial score (nSPS) is 11.2. The summed E-state index contributed by atoms with van der Waals surface area (Å²) in [6, 6.07) is 28.9. The lowest BCUT2D eigenvalue weighted by Crippen LogP contribution is -2.31. The van der Waals surface area contributed by atoms with E-state index in [1.807, 2.05) is 41.3 Å². The van der Waals surface area contributed by atoms with Gasteiger partial charge in [-0.15, -0.1) is 0 Å². The quantitative estimate of drug-likeness (QED) is 0.302. The number of thiazole rings is 1. The number of benzene rings is 4. The van der Waals surface area contributed by atoms with Crippen molar-refractivity contribution in [1.82, 2.24) is 4.98 Å². The number of aryl methyl sites for hydroxylation is 2. The molecule has 4 heteroatoms. The van der Waals surface area contributed by atoms with Crippen LogP contribution in [0.5, 0.6) is 0 Å². The highest BCUT2D eigenvalue weighted by Gasteiger charge is 2.21. The fourth-order valence-electron chi connectivity index (χ4n) is 4.13. The molecule has 0 spiro atoms. The lowest BCUT2D eigenvalue weighted by molar-refractivity contribution is -0.118. The Kier molecular flexibility index (Phi) is 5.46. The topological polar surface area (TPSA) is 33.2 Å². The molecule has 0 radical (unpaired) electrons. The van der Waals surface area contributed by atoms with Crippen molar-refractivity contribution < 1.29 is 4.79 Å². The first kappa shape index (κ1) is 20.4. The van der Waals surface area contributed by atoms with Gasteiger partial charge < -0.3 is 0 Å². The van der Waals surface area contributed by atoms with E-state index >= 15 is 0 Å². The molecule has 1 heterocycles. The highest BCUT2D eigenvalue weighted by molar-refractivity contribution is 7.22. The summed E-state index contributed by atoms with van der Waals surface area (Å²) < 4.78 is 1.14. The number of amides is 1. The van der Waals surface area contributed by atoms with E-state index in [2.05, 4.69) is 62.4 Å². The van der Waals surface area contributed by atoms with Crippen molar-refractivity contribution in [2.45, 2.75) is 26.8 Å². The van der Waals surface area contributed by atoms with Crippen molar-refractivity contribution in [3.8, 4) is 0 Å². The van der Waals surface area contributed by atoms with Crippen LogP contribution >= 0.6 is 11.3 Å². The maximum atomic E-state index is 13.6. The van der Waals surface area contributed by atoms with Crippen molar-refractivity contribution in [2.75, 3.05) is 4.90 Å². The zero-order valence-electron chi connectivity index (χ0n) is 18.2. The Bertz CT molecular complexity index is 1420. The minimum atomic E-state index is 0.0533. The van der Waals surface area contributed by atoms with Gasteiger partial charge in [0.05, 0.1) is 23.2 Å². The van der Waals surface area contributed by atoms with Gasteiger partial charge in [0, 0.05) is 0 Å². The van der Waals surface area contributed by atoms with Crippen LogP contribution in [0.25, 0.3) is 21.0 Å². The second-order valence-corrected chi connectivity index (χ2v) is 9.23. The van der Waals surface area contributed by atoms with E-state index in [0.717, 1.165) is 31.9 Å². The molecule has 0 atom stereocenters. The second kappa shape index (κ2) is 8.56. The molecule has 1 amide bonds. The molecule has 0 fully saturated rings. The molecule has 0 unspecified atom stereocenters. The molecule has 0 saturated carbocycles. The largest absolute Gasteiger partial charge is 0.283 e. The third-order valence-corrected chi connectivity index (χ3v) is 6.92. The first-order valence-corrected chi connectivity index (χ1v) is 11.6. The second-order valence-electron chi connectivity index (χ2n) is 8.25. The molecule has 5 rings (SSSR count). The van der Waals surface area contributed by atoms with Gasteiger partial charge in [-0.2, -0.15) is 0 Å². The maximum Gasteiger partial charge on any atom is 0.233 e. The molecule has 4 aromatic carbocycles. The number of rotatable bonds is 5. The highest BCUT2D eigenvalue weighted by Crippen LogP contribution is 2.33. The maximum absolute atomic E-state index is 13.6. The number of fused-ring (bicyclic) bond motifs is 2. The summed E-state index contributed by atoms with van der Waals surface area (Å²) in [6.45, 7) is 4.69. The van der Waals surface area contributed by atoms with Crippen molar-refractivity contribution >= 4 is 43.4 Å². The average Bonchev–Trinajstić information content (AvgIpc) is 3.22. The minimum Gasteiger partial charge on any atom is -0.283 e. The van der Waals surface area contributed by atoms with Crippen LogP contribution in [0.15, 0.2) is 84.9 Å². The predicted molar refractivity (Wildman–Crippen MR) is 134 cm³/mol. The molecule has 0 aliphatic rings. The van der Waals surface area contributed by atoms with E-state index in [9.17, 15) is 4.79 Å². The van der Waals surface area contributed by atoms with Crippen LogP contribution in [0, 0.1) is 13.8 Å². The molecule has 0 aliphatic carbocycles. The fourth-order valence-corrected chi connectivity index (χ4v) is 5.16. The predicted octanol–water partition coefficient (Wildman–Crippen LogP) is 6.84. The monoisotopic (exact) mass is 436 g/mol. The molecule has 1 aromatic heterocycles. The molecule has 0 N–H and O–H groups in total. The first-order valence-electron chi connectivity index (χ1n) is 10.8. The Morgan fingerprint density at radius 3 is 2.41 bits per heavy atom. The smallest absolute Gasteiger partial charge is 0.233 e. The molecule has 32 heavy (non-hydrogen) atoms. The lowest BCUT2D eigenvalue weighted by atomic mass is 10.0. The number of anilines is 1. The number of carbonyl (C=O) groups excluding carboxylic acids is 1. The number of nitrogens with zero attached hydrogens (tertiary/aromatic N) is 2. The van der Waals surface area contributed by atoms with E-state index in [4.69, 9.17) is 4.98 Å². The third-order valence-electron chi connectivity index (χ3n) is 5.69. The van der Waals surface area contributed by atoms with E-state index < -0.39 is 0 Å². The van der Waals surface area contributed by atoms with Crippen LogP contribution in [-0.2, 0) is 17.8 Å². The molecule has 158 valence electrons. The van der Waals surface area contributed by atoms with E-state index in [1.165, 1.54) is 16.5 Å². The van der Waals surface area contributed by atoms with Crippen LogP contribution < -0.4 is 4.90 Å². The zero-order valence-corrected chi connectivity index (χ0v) is 19.0. The Morgan fingerprint density at radius 1 is 0.844 bits per heavy atom. The fraction of sp³-hybridized carbons (Fsp3) is 0.143. The van der Waals surface area contributed by atoms with Gasteiger partial charge in [-0.25, -0.2) is 4.98 Å². The van der Waals surface area contributed by atoms with E-state index in [1.54, 1.807) is 11.3 Å². The van der Waals surface area contributed by atoms with E-state index in [-0.39, 0.29) is 5.91 Å². The highest BCUT2D eigenvalue weighted by atomic mass is 32.1. The third kappa shape index (κ3) is 4.14. The number of carbonyl (C=O) groups is 1. The van der Waals surface area contributed by atoms with Crippen molar-refractivity contribution in [1.29, 1.82) is 0 Å². The van der Waals surface area contributed by atoms with Crippen molar-refractivity contribution in [2.24, 2.45) is 0 Å². The van der Waals surface area contributed by atoms with Crippen LogP contribution in [0.3, 0.4) is 0 Å². The molecule has 3 nitrogen and oxygen atoms in total. The van der Waals surface area contributed by atoms with Gasteiger partial charge in [-0.1, -0.05) is 90.2 Å². The first-order chi connectivity index (χ1) is 15.6. The summed E-state index contributed by atoms with van der Waals surface area (Å²) in [7, 11) is 0. The van der Waals surface area contributed by atoms with Crippen LogP contribution in [0.4, 0.5) is 5.13 Å². The molecule has 0 bridgehead atoms. The van der Waals surface area contributed by atoms with Crippen molar-refractivity contribution in [3.05, 3.63) is 107 Å². The van der Waals surface area contributed by atoms with Crippen LogP contribution in [0.1, 0.15) is 22.3 Å². The summed E-state index contributed by atoms with van der Waals surface area (Å²) in [4.78, 5) is 20.3. The number of hydrogen-bond donors (Lipinski definition) is 0. The summed E-state index contributed by atoms with van der Waals surface area (Å²) >= 11 is 1.60.